The number of benzene rings is 1. The molecule has 1 aromatic heterocycles. The van der Waals surface area contributed by atoms with E-state index in [1.165, 1.54) is 12.8 Å². The molecule has 0 saturated carbocycles. The Morgan fingerprint density at radius 1 is 1.31 bits per heavy atom. The molecule has 3 unspecified atom stereocenters. The summed E-state index contributed by atoms with van der Waals surface area (Å²) in [4.78, 5) is 12.1. The minimum absolute atomic E-state index is 0.0304. The predicted molar refractivity (Wildman–Crippen MR) is 134 cm³/mol. The largest absolute Gasteiger partial charge is 0.465 e. The summed E-state index contributed by atoms with van der Waals surface area (Å²) in [7, 11) is 0. The number of hydrogen-bond donors (Lipinski definition) is 1. The van der Waals surface area contributed by atoms with Gasteiger partial charge in [0.1, 0.15) is 5.25 Å². The molecule has 32 heavy (non-hydrogen) atoms. The highest BCUT2D eigenvalue weighted by atomic mass is 35.5. The molecule has 1 N–H and O–H groups in total. The van der Waals surface area contributed by atoms with Crippen LogP contribution in [0.25, 0.3) is 0 Å². The van der Waals surface area contributed by atoms with Crippen molar-refractivity contribution in [1.29, 1.82) is 0 Å². The Morgan fingerprint density at radius 3 is 2.88 bits per heavy atom. The maximum atomic E-state index is 12.1. The summed E-state index contributed by atoms with van der Waals surface area (Å²) in [6, 6.07) is 7.63. The highest BCUT2D eigenvalue weighted by Gasteiger charge is 2.30. The number of halogens is 1. The van der Waals surface area contributed by atoms with Crippen LogP contribution < -0.4 is 5.32 Å². The Kier molecular flexibility index (Phi) is 10.3. The number of nitrogens with zero attached hydrogens (tertiary/aromatic N) is 2. The quantitative estimate of drug-likeness (QED) is 0.297. The molecule has 0 fully saturated rings. The molecule has 3 atom stereocenters. The van der Waals surface area contributed by atoms with Crippen molar-refractivity contribution in [3.05, 3.63) is 46.7 Å². The van der Waals surface area contributed by atoms with E-state index in [9.17, 15) is 4.79 Å². The van der Waals surface area contributed by atoms with E-state index in [2.05, 4.69) is 40.8 Å². The van der Waals surface area contributed by atoms with Gasteiger partial charge in [-0.1, -0.05) is 55.9 Å². The van der Waals surface area contributed by atoms with E-state index in [-0.39, 0.29) is 16.5 Å². The summed E-state index contributed by atoms with van der Waals surface area (Å²) in [5, 5.41) is 14.3. The summed E-state index contributed by atoms with van der Waals surface area (Å²) >= 11 is 9.28. The van der Waals surface area contributed by atoms with Crippen molar-refractivity contribution in [1.82, 2.24) is 10.2 Å². The molecule has 1 aromatic carbocycles. The van der Waals surface area contributed by atoms with Crippen LogP contribution in [-0.2, 0) is 9.53 Å². The van der Waals surface area contributed by atoms with Crippen LogP contribution >= 0.6 is 35.1 Å². The molecule has 0 spiro atoms. The number of nitrogens with one attached hydrogen (secondary N) is 1. The van der Waals surface area contributed by atoms with Crippen LogP contribution in [0.5, 0.6) is 0 Å². The van der Waals surface area contributed by atoms with Gasteiger partial charge in [-0.05, 0) is 42.0 Å². The fraction of sp³-hybridized carbons (Fsp3) is 0.522. The number of ether oxygens (including phenoxy) is 1. The Morgan fingerprint density at radius 2 is 2.12 bits per heavy atom. The fourth-order valence-electron chi connectivity index (χ4n) is 3.24. The second-order valence-electron chi connectivity index (χ2n) is 7.65. The molecule has 174 valence electrons. The molecule has 9 heteroatoms. The molecule has 1 aliphatic rings. The van der Waals surface area contributed by atoms with E-state index in [4.69, 9.17) is 20.8 Å². The van der Waals surface area contributed by atoms with Crippen molar-refractivity contribution in [2.24, 2.45) is 5.92 Å². The third-order valence-electron chi connectivity index (χ3n) is 5.21. The van der Waals surface area contributed by atoms with Crippen LogP contribution in [0.3, 0.4) is 0 Å². The average molecular weight is 496 g/mol. The van der Waals surface area contributed by atoms with Crippen molar-refractivity contribution in [2.75, 3.05) is 17.7 Å². The highest BCUT2D eigenvalue weighted by Crippen LogP contribution is 2.44. The third-order valence-corrected chi connectivity index (χ3v) is 7.99. The van der Waals surface area contributed by atoms with Crippen LogP contribution in [0, 0.1) is 5.92 Å². The first-order chi connectivity index (χ1) is 15.6. The monoisotopic (exact) mass is 495 g/mol. The normalized spacial score (nSPS) is 18.6. The first kappa shape index (κ1) is 25.0. The lowest BCUT2D eigenvalue weighted by molar-refractivity contribution is -0.144. The Bertz CT molecular complexity index is 876. The van der Waals surface area contributed by atoms with Crippen LogP contribution in [0.4, 0.5) is 11.7 Å². The molecule has 6 nitrogen and oxygen atoms in total. The van der Waals surface area contributed by atoms with E-state index in [0.29, 0.717) is 41.6 Å². The number of thioether (sulfide) groups is 2. The first-order valence-electron chi connectivity index (χ1n) is 11.0. The van der Waals surface area contributed by atoms with Gasteiger partial charge >= 0.3 is 12.0 Å². The highest BCUT2D eigenvalue weighted by molar-refractivity contribution is 8.05. The number of esters is 1. The summed E-state index contributed by atoms with van der Waals surface area (Å²) in [6.45, 7) is 4.87. The number of anilines is 2. The van der Waals surface area contributed by atoms with Gasteiger partial charge in [0, 0.05) is 21.7 Å². The van der Waals surface area contributed by atoms with Crippen LogP contribution in [-0.4, -0.2) is 33.8 Å². The van der Waals surface area contributed by atoms with Gasteiger partial charge in [0.05, 0.1) is 13.0 Å². The van der Waals surface area contributed by atoms with Gasteiger partial charge in [0.25, 0.3) is 0 Å². The van der Waals surface area contributed by atoms with E-state index in [1.54, 1.807) is 35.7 Å². The zero-order valence-corrected chi connectivity index (χ0v) is 20.8. The third kappa shape index (κ3) is 7.74. The lowest BCUT2D eigenvalue weighted by atomic mass is 10.0. The molecule has 0 bridgehead atoms. The molecule has 1 aliphatic heterocycles. The van der Waals surface area contributed by atoms with Crippen molar-refractivity contribution < 1.29 is 13.9 Å². The van der Waals surface area contributed by atoms with Crippen LogP contribution in [0.1, 0.15) is 57.1 Å². The summed E-state index contributed by atoms with van der Waals surface area (Å²) in [5.41, 5.74) is 0.825. The minimum atomic E-state index is -0.120. The molecule has 3 rings (SSSR count). The number of hydrogen-bond acceptors (Lipinski definition) is 8. The molecular weight excluding hydrogens is 466 g/mol. The lowest BCUT2D eigenvalue weighted by Gasteiger charge is -2.16. The van der Waals surface area contributed by atoms with Gasteiger partial charge in [-0.15, -0.1) is 16.9 Å². The van der Waals surface area contributed by atoms with Crippen molar-refractivity contribution in [3.63, 3.8) is 0 Å². The molecule has 2 aromatic rings. The number of unbranched alkanes of at least 4 members (excludes halogenated alkanes) is 1. The van der Waals surface area contributed by atoms with Crippen molar-refractivity contribution >= 4 is 52.8 Å². The van der Waals surface area contributed by atoms with E-state index < -0.39 is 0 Å². The van der Waals surface area contributed by atoms with Crippen molar-refractivity contribution in [3.8, 4) is 0 Å². The van der Waals surface area contributed by atoms with E-state index >= 15 is 0 Å². The number of carbonyl (C=O) groups is 1. The van der Waals surface area contributed by atoms with Gasteiger partial charge in [-0.2, -0.15) is 11.8 Å². The van der Waals surface area contributed by atoms with Gasteiger partial charge in [0.15, 0.2) is 0 Å². The van der Waals surface area contributed by atoms with Gasteiger partial charge in [0.2, 0.25) is 5.89 Å². The smallest absolute Gasteiger partial charge is 0.320 e. The first-order valence-corrected chi connectivity index (χ1v) is 13.4. The van der Waals surface area contributed by atoms with E-state index in [1.807, 2.05) is 12.1 Å². The molecule has 0 radical (unpaired) electrons. The van der Waals surface area contributed by atoms with Gasteiger partial charge in [-0.25, -0.2) is 0 Å². The molecular formula is C23H30ClN3O3S2. The van der Waals surface area contributed by atoms with Gasteiger partial charge < -0.3 is 14.5 Å². The molecule has 2 heterocycles. The Balaban J connectivity index is 1.42. The van der Waals surface area contributed by atoms with Crippen LogP contribution in [0.2, 0.25) is 5.02 Å². The molecule has 0 amide bonds. The maximum Gasteiger partial charge on any atom is 0.320 e. The zero-order valence-electron chi connectivity index (χ0n) is 18.5. The standard InChI is InChI=1S/C23H30ClN3O3S2/c1-3-5-6-16(4-2)15-29-20(28)12-14-31-19-11-13-32-21(19)22-26-27-23(30-22)25-18-9-7-17(24)8-10-18/h7-11,13,16,19,21H,3-6,12,14-15H2,1-2H3,(H,25,27). The zero-order chi connectivity index (χ0) is 22.8. The maximum absolute atomic E-state index is 12.1. The summed E-state index contributed by atoms with van der Waals surface area (Å²) in [5.74, 6) is 1.61. The second kappa shape index (κ2) is 13.2. The fourth-order valence-corrected chi connectivity index (χ4v) is 5.82. The Labute approximate surface area is 203 Å². The minimum Gasteiger partial charge on any atom is -0.465 e. The number of rotatable bonds is 13. The van der Waals surface area contributed by atoms with Gasteiger partial charge in [-0.3, -0.25) is 4.79 Å². The van der Waals surface area contributed by atoms with E-state index in [0.717, 1.165) is 18.5 Å². The second-order valence-corrected chi connectivity index (χ2v) is 10.4. The predicted octanol–water partition coefficient (Wildman–Crippen LogP) is 7.02. The SMILES string of the molecule is CCCCC(CC)COC(=O)CCSC1C=CSC1c1nnc(Nc2ccc(Cl)cc2)o1. The molecule has 0 aliphatic carbocycles. The number of aromatic nitrogens is 2. The van der Waals surface area contributed by atoms with Crippen molar-refractivity contribution in [2.45, 2.75) is 56.5 Å². The topological polar surface area (TPSA) is 77.2 Å². The summed E-state index contributed by atoms with van der Waals surface area (Å²) in [6.07, 6.45) is 7.07. The van der Waals surface area contributed by atoms with Crippen LogP contribution in [0.15, 0.2) is 40.2 Å². The molecule has 0 saturated heterocycles. The average Bonchev–Trinajstić information content (AvgIpc) is 3.45. The lowest BCUT2D eigenvalue weighted by Crippen LogP contribution is -2.15. The summed E-state index contributed by atoms with van der Waals surface area (Å²) < 4.78 is 11.3. The number of carbonyl (C=O) groups excluding carboxylic acids is 1. The Hall–Kier alpha value is -1.64.